The summed E-state index contributed by atoms with van der Waals surface area (Å²) in [6.45, 7) is 14.7. The van der Waals surface area contributed by atoms with E-state index in [0.29, 0.717) is 5.41 Å². The van der Waals surface area contributed by atoms with Crippen molar-refractivity contribution in [1.82, 2.24) is 10.2 Å². The molecular weight excluding hydrogens is 280 g/mol. The second-order valence-electron chi connectivity index (χ2n) is 9.59. The molecule has 1 aliphatic heterocycles. The molecule has 0 bridgehead atoms. The predicted molar refractivity (Wildman–Crippen MR) is 102 cm³/mol. The minimum atomic E-state index is 0.465. The summed E-state index contributed by atoms with van der Waals surface area (Å²) in [5.74, 6) is 1.83. The average Bonchev–Trinajstić information content (AvgIpc) is 2.50. The highest BCUT2D eigenvalue weighted by atomic mass is 15.2. The summed E-state index contributed by atoms with van der Waals surface area (Å²) in [5.41, 5.74) is 0.465. The Labute approximate surface area is 145 Å². The zero-order chi connectivity index (χ0) is 16.7. The molecule has 2 fully saturated rings. The van der Waals surface area contributed by atoms with Crippen LogP contribution < -0.4 is 5.32 Å². The molecule has 0 radical (unpaired) electrons. The highest BCUT2D eigenvalue weighted by Gasteiger charge is 2.30. The van der Waals surface area contributed by atoms with Gasteiger partial charge in [0.15, 0.2) is 0 Å². The number of likely N-dealkylation sites (tertiary alicyclic amines) is 1. The van der Waals surface area contributed by atoms with E-state index in [9.17, 15) is 0 Å². The molecule has 1 saturated heterocycles. The van der Waals surface area contributed by atoms with Gasteiger partial charge in [-0.2, -0.15) is 0 Å². The summed E-state index contributed by atoms with van der Waals surface area (Å²) in [6, 6.07) is 0.731. The van der Waals surface area contributed by atoms with Gasteiger partial charge in [0.05, 0.1) is 0 Å². The molecule has 0 aromatic heterocycles. The Kier molecular flexibility index (Phi) is 7.88. The molecule has 136 valence electrons. The van der Waals surface area contributed by atoms with E-state index in [4.69, 9.17) is 0 Å². The van der Waals surface area contributed by atoms with Crippen LogP contribution in [0.1, 0.15) is 85.5 Å². The maximum atomic E-state index is 3.97. The molecule has 2 unspecified atom stereocenters. The van der Waals surface area contributed by atoms with Gasteiger partial charge in [0.1, 0.15) is 0 Å². The van der Waals surface area contributed by atoms with Gasteiger partial charge in [-0.15, -0.1) is 0 Å². The topological polar surface area (TPSA) is 15.3 Å². The summed E-state index contributed by atoms with van der Waals surface area (Å²) in [6.07, 6.45) is 12.8. The largest absolute Gasteiger partial charge is 0.312 e. The van der Waals surface area contributed by atoms with Crippen LogP contribution in [0.25, 0.3) is 0 Å². The van der Waals surface area contributed by atoms with Crippen molar-refractivity contribution in [2.75, 3.05) is 26.2 Å². The molecule has 1 heterocycles. The van der Waals surface area contributed by atoms with Crippen molar-refractivity contribution in [2.24, 2.45) is 17.3 Å². The number of nitrogens with zero attached hydrogens (tertiary/aromatic N) is 1. The van der Waals surface area contributed by atoms with Crippen molar-refractivity contribution in [3.63, 3.8) is 0 Å². The monoisotopic (exact) mass is 322 g/mol. The van der Waals surface area contributed by atoms with Crippen LogP contribution in [0.3, 0.4) is 0 Å². The molecule has 0 spiro atoms. The molecule has 2 atom stereocenters. The molecule has 0 aromatic carbocycles. The number of rotatable bonds is 7. The standard InChI is InChI=1S/C21H42N2/c1-5-6-12-23-16-19(14-21(2,3)4)13-20(17-23)22-15-18-10-8-7-9-11-18/h18-20,22H,5-17H2,1-4H3. The van der Waals surface area contributed by atoms with Crippen LogP contribution in [0.15, 0.2) is 0 Å². The van der Waals surface area contributed by atoms with Gasteiger partial charge >= 0.3 is 0 Å². The van der Waals surface area contributed by atoms with Gasteiger partial charge in [-0.25, -0.2) is 0 Å². The Morgan fingerprint density at radius 2 is 1.74 bits per heavy atom. The fraction of sp³-hybridized carbons (Fsp3) is 1.00. The van der Waals surface area contributed by atoms with E-state index in [-0.39, 0.29) is 0 Å². The lowest BCUT2D eigenvalue weighted by molar-refractivity contribution is 0.110. The van der Waals surface area contributed by atoms with Crippen LogP contribution in [0.2, 0.25) is 0 Å². The fourth-order valence-electron chi connectivity index (χ4n) is 4.75. The second-order valence-corrected chi connectivity index (χ2v) is 9.59. The normalized spacial score (nSPS) is 28.2. The zero-order valence-electron chi connectivity index (χ0n) is 16.4. The van der Waals surface area contributed by atoms with Gasteiger partial charge in [0.2, 0.25) is 0 Å². The van der Waals surface area contributed by atoms with Crippen molar-refractivity contribution in [3.05, 3.63) is 0 Å². The molecule has 2 rings (SSSR count). The number of unbranched alkanes of at least 4 members (excludes halogenated alkanes) is 1. The van der Waals surface area contributed by atoms with E-state index in [1.54, 1.807) is 0 Å². The van der Waals surface area contributed by atoms with Crippen LogP contribution in [0.5, 0.6) is 0 Å². The summed E-state index contributed by atoms with van der Waals surface area (Å²) in [4.78, 5) is 2.75. The van der Waals surface area contributed by atoms with E-state index in [0.717, 1.165) is 17.9 Å². The van der Waals surface area contributed by atoms with Gasteiger partial charge in [-0.1, -0.05) is 53.4 Å². The number of nitrogens with one attached hydrogen (secondary N) is 1. The van der Waals surface area contributed by atoms with Crippen molar-refractivity contribution in [1.29, 1.82) is 0 Å². The quantitative estimate of drug-likeness (QED) is 0.703. The number of hydrogen-bond donors (Lipinski definition) is 1. The lowest BCUT2D eigenvalue weighted by Crippen LogP contribution is -2.51. The molecule has 1 aliphatic carbocycles. The molecule has 2 heteroatoms. The van der Waals surface area contributed by atoms with Crippen LogP contribution in [0.4, 0.5) is 0 Å². The first-order valence-corrected chi connectivity index (χ1v) is 10.4. The molecule has 23 heavy (non-hydrogen) atoms. The number of piperidine rings is 1. The minimum absolute atomic E-state index is 0.465. The van der Waals surface area contributed by atoms with Gasteiger partial charge in [0.25, 0.3) is 0 Å². The average molecular weight is 323 g/mol. The van der Waals surface area contributed by atoms with Crippen LogP contribution >= 0.6 is 0 Å². The van der Waals surface area contributed by atoms with Crippen molar-refractivity contribution in [3.8, 4) is 0 Å². The van der Waals surface area contributed by atoms with Gasteiger partial charge < -0.3 is 10.2 Å². The zero-order valence-corrected chi connectivity index (χ0v) is 16.4. The third-order valence-electron chi connectivity index (χ3n) is 5.76. The maximum absolute atomic E-state index is 3.97. The number of hydrogen-bond acceptors (Lipinski definition) is 2. The van der Waals surface area contributed by atoms with Crippen LogP contribution in [0, 0.1) is 17.3 Å². The van der Waals surface area contributed by atoms with Gasteiger partial charge in [0, 0.05) is 19.1 Å². The van der Waals surface area contributed by atoms with Crippen LogP contribution in [-0.2, 0) is 0 Å². The first-order valence-electron chi connectivity index (χ1n) is 10.4. The van der Waals surface area contributed by atoms with Crippen molar-refractivity contribution < 1.29 is 0 Å². The third kappa shape index (κ3) is 7.56. The Balaban J connectivity index is 1.82. The van der Waals surface area contributed by atoms with Crippen LogP contribution in [-0.4, -0.2) is 37.1 Å². The molecule has 0 amide bonds. The van der Waals surface area contributed by atoms with E-state index < -0.39 is 0 Å². The minimum Gasteiger partial charge on any atom is -0.312 e. The van der Waals surface area contributed by atoms with E-state index in [1.807, 2.05) is 0 Å². The van der Waals surface area contributed by atoms with Gasteiger partial charge in [-0.3, -0.25) is 0 Å². The smallest absolute Gasteiger partial charge is 0.0198 e. The summed E-state index contributed by atoms with van der Waals surface area (Å²) in [7, 11) is 0. The van der Waals surface area contributed by atoms with Crippen molar-refractivity contribution >= 4 is 0 Å². The summed E-state index contributed by atoms with van der Waals surface area (Å²) in [5, 5.41) is 3.97. The Bertz CT molecular complexity index is 314. The summed E-state index contributed by atoms with van der Waals surface area (Å²) >= 11 is 0. The molecule has 1 N–H and O–H groups in total. The first-order chi connectivity index (χ1) is 11.0. The van der Waals surface area contributed by atoms with Crippen molar-refractivity contribution in [2.45, 2.75) is 91.5 Å². The molecule has 1 saturated carbocycles. The lowest BCUT2D eigenvalue weighted by atomic mass is 9.80. The van der Waals surface area contributed by atoms with Gasteiger partial charge in [-0.05, 0) is 62.4 Å². The SMILES string of the molecule is CCCCN1CC(CC(C)(C)C)CC(NCC2CCCCC2)C1. The summed E-state index contributed by atoms with van der Waals surface area (Å²) < 4.78 is 0. The van der Waals surface area contributed by atoms with E-state index in [1.165, 1.54) is 84.0 Å². The lowest BCUT2D eigenvalue weighted by Gasteiger charge is -2.41. The Hall–Kier alpha value is -0.0800. The fourth-order valence-corrected chi connectivity index (χ4v) is 4.75. The molecule has 2 nitrogen and oxygen atoms in total. The Morgan fingerprint density at radius 1 is 1.00 bits per heavy atom. The second kappa shape index (κ2) is 9.42. The highest BCUT2D eigenvalue weighted by molar-refractivity contribution is 4.86. The molecule has 2 aliphatic rings. The maximum Gasteiger partial charge on any atom is 0.0198 e. The molecular formula is C21H42N2. The first kappa shape index (κ1) is 19.2. The third-order valence-corrected chi connectivity index (χ3v) is 5.76. The Morgan fingerprint density at radius 3 is 2.39 bits per heavy atom. The predicted octanol–water partition coefficient (Wildman–Crippen LogP) is 5.08. The van der Waals surface area contributed by atoms with E-state index in [2.05, 4.69) is 37.9 Å². The molecule has 0 aromatic rings. The highest BCUT2D eigenvalue weighted by Crippen LogP contribution is 2.31. The van der Waals surface area contributed by atoms with E-state index >= 15 is 0 Å².